The second-order valence-electron chi connectivity index (χ2n) is 7.66. The maximum Gasteiger partial charge on any atom is 0.224 e. The zero-order valence-corrected chi connectivity index (χ0v) is 21.3. The summed E-state index contributed by atoms with van der Waals surface area (Å²) in [6.07, 6.45) is 3.53. The number of carbonyl (C=O) groups is 1. The van der Waals surface area contributed by atoms with Crippen molar-refractivity contribution in [2.24, 2.45) is 10.9 Å². The summed E-state index contributed by atoms with van der Waals surface area (Å²) in [5, 5.41) is 6.48. The Balaban J connectivity index is 0.00000480. The molecule has 1 aromatic rings. The normalized spacial score (nSPS) is 14.6. The second kappa shape index (κ2) is 17.2. The van der Waals surface area contributed by atoms with Crippen LogP contribution in [0.5, 0.6) is 0 Å². The number of carbonyl (C=O) groups excluding carboxylic acids is 1. The van der Waals surface area contributed by atoms with Crippen molar-refractivity contribution < 1.29 is 14.3 Å². The molecule has 1 amide bonds. The van der Waals surface area contributed by atoms with Gasteiger partial charge in [-0.05, 0) is 37.7 Å². The van der Waals surface area contributed by atoms with Gasteiger partial charge in [0.05, 0.1) is 0 Å². The molecule has 0 aromatic heterocycles. The summed E-state index contributed by atoms with van der Waals surface area (Å²) >= 11 is 0. The zero-order chi connectivity index (χ0) is 21.4. The Morgan fingerprint density at radius 1 is 1.23 bits per heavy atom. The van der Waals surface area contributed by atoms with Crippen LogP contribution in [-0.4, -0.2) is 69.9 Å². The van der Waals surface area contributed by atoms with Gasteiger partial charge in [-0.25, -0.2) is 0 Å². The van der Waals surface area contributed by atoms with E-state index in [1.807, 2.05) is 44.3 Å². The van der Waals surface area contributed by atoms with Crippen LogP contribution in [-0.2, 0) is 20.8 Å². The highest BCUT2D eigenvalue weighted by molar-refractivity contribution is 14.0. The second-order valence-corrected chi connectivity index (χ2v) is 7.66. The number of hydrogen-bond acceptors (Lipinski definition) is 4. The van der Waals surface area contributed by atoms with Gasteiger partial charge < -0.3 is 25.0 Å². The molecule has 0 saturated carbocycles. The van der Waals surface area contributed by atoms with Crippen molar-refractivity contribution >= 4 is 35.8 Å². The van der Waals surface area contributed by atoms with Crippen molar-refractivity contribution in [2.45, 2.75) is 39.2 Å². The fourth-order valence-corrected chi connectivity index (χ4v) is 3.29. The lowest BCUT2D eigenvalue weighted by atomic mass is 10.0. The Morgan fingerprint density at radius 3 is 2.68 bits per heavy atom. The van der Waals surface area contributed by atoms with Gasteiger partial charge in [0.2, 0.25) is 5.91 Å². The summed E-state index contributed by atoms with van der Waals surface area (Å²) in [5.41, 5.74) is 1.13. The molecular formula is C23H39IN4O3. The molecule has 1 aliphatic rings. The molecule has 176 valence electrons. The first kappa shape index (κ1) is 27.6. The molecular weight excluding hydrogens is 507 g/mol. The van der Waals surface area contributed by atoms with Gasteiger partial charge in [0.1, 0.15) is 0 Å². The van der Waals surface area contributed by atoms with Crippen LogP contribution in [0.25, 0.3) is 0 Å². The average Bonchev–Trinajstić information content (AvgIpc) is 2.77. The molecule has 0 radical (unpaired) electrons. The maximum absolute atomic E-state index is 12.4. The molecule has 0 spiro atoms. The van der Waals surface area contributed by atoms with Crippen LogP contribution < -0.4 is 10.6 Å². The third-order valence-corrected chi connectivity index (χ3v) is 5.07. The number of hydrogen-bond donors (Lipinski definition) is 2. The molecule has 1 aliphatic heterocycles. The Morgan fingerprint density at radius 2 is 1.97 bits per heavy atom. The van der Waals surface area contributed by atoms with Crippen LogP contribution in [0.2, 0.25) is 0 Å². The van der Waals surface area contributed by atoms with E-state index in [4.69, 9.17) is 9.47 Å². The minimum Gasteiger partial charge on any atom is -0.381 e. The molecule has 7 nitrogen and oxygen atoms in total. The van der Waals surface area contributed by atoms with Gasteiger partial charge in [-0.1, -0.05) is 30.3 Å². The summed E-state index contributed by atoms with van der Waals surface area (Å²) < 4.78 is 11.2. The highest BCUT2D eigenvalue weighted by Gasteiger charge is 2.13. The summed E-state index contributed by atoms with van der Waals surface area (Å²) in [6.45, 7) is 7.98. The van der Waals surface area contributed by atoms with Crippen LogP contribution >= 0.6 is 24.0 Å². The highest BCUT2D eigenvalue weighted by Crippen LogP contribution is 2.14. The topological polar surface area (TPSA) is 75.2 Å². The molecule has 1 aromatic carbocycles. The molecule has 0 atom stereocenters. The predicted octanol–water partition coefficient (Wildman–Crippen LogP) is 3.04. The van der Waals surface area contributed by atoms with Crippen molar-refractivity contribution in [2.75, 3.05) is 53.1 Å². The maximum atomic E-state index is 12.4. The first-order valence-electron chi connectivity index (χ1n) is 11.1. The highest BCUT2D eigenvalue weighted by atomic mass is 127. The van der Waals surface area contributed by atoms with Crippen LogP contribution in [0, 0.1) is 5.92 Å². The molecule has 1 heterocycles. The van der Waals surface area contributed by atoms with E-state index in [0.717, 1.165) is 63.8 Å². The van der Waals surface area contributed by atoms with E-state index in [9.17, 15) is 4.79 Å². The number of rotatable bonds is 12. The molecule has 0 aliphatic carbocycles. The lowest BCUT2D eigenvalue weighted by molar-refractivity contribution is -0.130. The third-order valence-electron chi connectivity index (χ3n) is 5.07. The Kier molecular flexibility index (Phi) is 15.3. The van der Waals surface area contributed by atoms with E-state index >= 15 is 0 Å². The average molecular weight is 546 g/mol. The van der Waals surface area contributed by atoms with Gasteiger partial charge in [0, 0.05) is 66.1 Å². The molecule has 2 rings (SSSR count). The lowest BCUT2D eigenvalue weighted by Crippen LogP contribution is -2.39. The summed E-state index contributed by atoms with van der Waals surface area (Å²) in [6, 6.07) is 10.0. The van der Waals surface area contributed by atoms with Gasteiger partial charge in [0.25, 0.3) is 0 Å². The first-order chi connectivity index (χ1) is 14.7. The fourth-order valence-electron chi connectivity index (χ4n) is 3.29. The molecule has 0 bridgehead atoms. The number of nitrogens with zero attached hydrogens (tertiary/aromatic N) is 2. The Bertz CT molecular complexity index is 625. The monoisotopic (exact) mass is 546 g/mol. The van der Waals surface area contributed by atoms with E-state index in [1.54, 1.807) is 4.90 Å². The van der Waals surface area contributed by atoms with Gasteiger partial charge in [-0.3, -0.25) is 9.79 Å². The van der Waals surface area contributed by atoms with Crippen molar-refractivity contribution in [3.05, 3.63) is 35.9 Å². The van der Waals surface area contributed by atoms with Crippen molar-refractivity contribution in [3.63, 3.8) is 0 Å². The van der Waals surface area contributed by atoms with E-state index < -0.39 is 0 Å². The number of guanidine groups is 1. The molecule has 1 saturated heterocycles. The van der Waals surface area contributed by atoms with Crippen LogP contribution in [0.1, 0.15) is 38.2 Å². The zero-order valence-electron chi connectivity index (χ0n) is 19.0. The molecule has 0 unspecified atom stereocenters. The number of benzene rings is 1. The van der Waals surface area contributed by atoms with E-state index in [1.165, 1.54) is 0 Å². The Labute approximate surface area is 204 Å². The van der Waals surface area contributed by atoms with Crippen LogP contribution in [0.3, 0.4) is 0 Å². The largest absolute Gasteiger partial charge is 0.381 e. The standard InChI is InChI=1S/C23H38N4O3.HI/c1-3-24-23(25-13-7-15-30-19-21-11-16-29-17-12-21)26-14-10-22(28)27(2)18-20-8-5-4-6-9-20;/h4-6,8-9,21H,3,7,10-19H2,1-2H3,(H2,24,25,26);1H. The molecule has 2 N–H and O–H groups in total. The number of aliphatic imine (C=N–C) groups is 1. The van der Waals surface area contributed by atoms with Crippen molar-refractivity contribution in [1.82, 2.24) is 15.5 Å². The summed E-state index contributed by atoms with van der Waals surface area (Å²) in [5.74, 6) is 1.50. The molecule has 1 fully saturated rings. The smallest absolute Gasteiger partial charge is 0.224 e. The summed E-state index contributed by atoms with van der Waals surface area (Å²) in [7, 11) is 1.84. The predicted molar refractivity (Wildman–Crippen MR) is 136 cm³/mol. The third kappa shape index (κ3) is 12.3. The lowest BCUT2D eigenvalue weighted by Gasteiger charge is -2.21. The first-order valence-corrected chi connectivity index (χ1v) is 11.1. The summed E-state index contributed by atoms with van der Waals surface area (Å²) in [4.78, 5) is 18.7. The Hall–Kier alpha value is -1.39. The quantitative estimate of drug-likeness (QED) is 0.183. The molecule has 8 heteroatoms. The van der Waals surface area contributed by atoms with Crippen molar-refractivity contribution in [1.29, 1.82) is 0 Å². The van der Waals surface area contributed by atoms with Crippen molar-refractivity contribution in [3.8, 4) is 0 Å². The van der Waals surface area contributed by atoms with Gasteiger partial charge in [0.15, 0.2) is 5.96 Å². The number of halogens is 1. The number of ether oxygens (including phenoxy) is 2. The van der Waals surface area contributed by atoms with Gasteiger partial charge in [-0.15, -0.1) is 24.0 Å². The SMILES string of the molecule is CCNC(=NCCCOCC1CCOCC1)NCCC(=O)N(C)Cc1ccccc1.I. The van der Waals surface area contributed by atoms with E-state index in [-0.39, 0.29) is 29.9 Å². The van der Waals surface area contributed by atoms with Gasteiger partial charge >= 0.3 is 0 Å². The minimum atomic E-state index is 0. The van der Waals surface area contributed by atoms with E-state index in [0.29, 0.717) is 32.0 Å². The van der Waals surface area contributed by atoms with Crippen LogP contribution in [0.4, 0.5) is 0 Å². The van der Waals surface area contributed by atoms with E-state index in [2.05, 4.69) is 15.6 Å². The molecule has 31 heavy (non-hydrogen) atoms. The minimum absolute atomic E-state index is 0. The number of nitrogens with one attached hydrogen (secondary N) is 2. The van der Waals surface area contributed by atoms with Gasteiger partial charge in [-0.2, -0.15) is 0 Å². The van der Waals surface area contributed by atoms with Crippen LogP contribution in [0.15, 0.2) is 35.3 Å². The fraction of sp³-hybridized carbons (Fsp3) is 0.652. The number of amides is 1.